The van der Waals surface area contributed by atoms with Crippen LogP contribution in [-0.2, 0) is 4.84 Å². The van der Waals surface area contributed by atoms with Crippen molar-refractivity contribution in [1.82, 2.24) is 11.0 Å². The molecule has 24 heavy (non-hydrogen) atoms. The standard InChI is InChI=1S/C14H9BrClN3O5/c15-10-4-1-8(2-5-10)13(20)17-18-24-14(21)9-3-6-11(16)12(7-9)19(22)23/h1-7,18H,(H,17,20). The van der Waals surface area contributed by atoms with Crippen molar-refractivity contribution in [3.8, 4) is 0 Å². The second-order valence-electron chi connectivity index (χ2n) is 4.38. The summed E-state index contributed by atoms with van der Waals surface area (Å²) in [5.74, 6) is -1.46. The van der Waals surface area contributed by atoms with E-state index in [1.807, 2.05) is 5.59 Å². The van der Waals surface area contributed by atoms with Crippen molar-refractivity contribution in [3.63, 3.8) is 0 Å². The van der Waals surface area contributed by atoms with Gasteiger partial charge in [0, 0.05) is 16.1 Å². The molecule has 2 aromatic carbocycles. The van der Waals surface area contributed by atoms with Gasteiger partial charge in [0.15, 0.2) is 0 Å². The number of carbonyl (C=O) groups is 2. The Bertz CT molecular complexity index is 797. The molecule has 124 valence electrons. The van der Waals surface area contributed by atoms with Crippen molar-refractivity contribution in [2.75, 3.05) is 0 Å². The van der Waals surface area contributed by atoms with Gasteiger partial charge in [-0.1, -0.05) is 33.1 Å². The van der Waals surface area contributed by atoms with Crippen molar-refractivity contribution >= 4 is 45.1 Å². The Morgan fingerprint density at radius 3 is 2.38 bits per heavy atom. The van der Waals surface area contributed by atoms with Gasteiger partial charge in [0.1, 0.15) is 5.02 Å². The Kier molecular flexibility index (Phi) is 5.85. The molecule has 0 atom stereocenters. The van der Waals surface area contributed by atoms with Crippen LogP contribution in [0.1, 0.15) is 20.7 Å². The van der Waals surface area contributed by atoms with E-state index in [-0.39, 0.29) is 10.6 Å². The molecule has 0 aliphatic carbocycles. The molecule has 0 bridgehead atoms. The highest BCUT2D eigenvalue weighted by Gasteiger charge is 2.17. The predicted octanol–water partition coefficient (Wildman–Crippen LogP) is 3.02. The SMILES string of the molecule is O=C(NNOC(=O)c1ccc(Cl)c([N+](=O)[O-])c1)c1ccc(Br)cc1. The van der Waals surface area contributed by atoms with Crippen LogP contribution >= 0.6 is 27.5 Å². The van der Waals surface area contributed by atoms with E-state index in [1.54, 1.807) is 24.3 Å². The Balaban J connectivity index is 1.94. The Hall–Kier alpha value is -2.49. The lowest BCUT2D eigenvalue weighted by Crippen LogP contribution is -2.38. The van der Waals surface area contributed by atoms with Crippen LogP contribution in [0.15, 0.2) is 46.9 Å². The van der Waals surface area contributed by atoms with Crippen LogP contribution in [0.3, 0.4) is 0 Å². The van der Waals surface area contributed by atoms with Crippen molar-refractivity contribution in [3.05, 3.63) is 73.2 Å². The highest BCUT2D eigenvalue weighted by atomic mass is 79.9. The lowest BCUT2D eigenvalue weighted by molar-refractivity contribution is -0.384. The number of hydrazine groups is 1. The zero-order valence-electron chi connectivity index (χ0n) is 11.8. The largest absolute Gasteiger partial charge is 0.358 e. The van der Waals surface area contributed by atoms with Crippen LogP contribution in [0.5, 0.6) is 0 Å². The van der Waals surface area contributed by atoms with E-state index < -0.39 is 22.5 Å². The summed E-state index contributed by atoms with van der Waals surface area (Å²) < 4.78 is 0.808. The van der Waals surface area contributed by atoms with Crippen molar-refractivity contribution in [2.45, 2.75) is 0 Å². The van der Waals surface area contributed by atoms with Crippen LogP contribution < -0.4 is 11.0 Å². The van der Waals surface area contributed by atoms with Crippen LogP contribution in [-0.4, -0.2) is 16.8 Å². The highest BCUT2D eigenvalue weighted by molar-refractivity contribution is 9.10. The molecule has 0 aromatic heterocycles. The Morgan fingerprint density at radius 1 is 1.12 bits per heavy atom. The third kappa shape index (κ3) is 4.51. The van der Waals surface area contributed by atoms with E-state index in [4.69, 9.17) is 11.6 Å². The first kappa shape index (κ1) is 17.9. The monoisotopic (exact) mass is 413 g/mol. The van der Waals surface area contributed by atoms with Gasteiger partial charge in [0.05, 0.1) is 10.5 Å². The first-order chi connectivity index (χ1) is 11.4. The van der Waals surface area contributed by atoms with E-state index in [2.05, 4.69) is 26.2 Å². The van der Waals surface area contributed by atoms with Gasteiger partial charge in [-0.15, -0.1) is 0 Å². The number of hydrogen-bond acceptors (Lipinski definition) is 6. The summed E-state index contributed by atoms with van der Waals surface area (Å²) in [5.41, 5.74) is 3.97. The van der Waals surface area contributed by atoms with Crippen LogP contribution in [0, 0.1) is 10.1 Å². The minimum Gasteiger partial charge on any atom is -0.346 e. The molecule has 0 saturated heterocycles. The van der Waals surface area contributed by atoms with Gasteiger partial charge < -0.3 is 4.84 Å². The lowest BCUT2D eigenvalue weighted by Gasteiger charge is -2.07. The second kappa shape index (κ2) is 7.86. The maximum atomic E-state index is 11.8. The first-order valence-corrected chi connectivity index (χ1v) is 7.51. The normalized spacial score (nSPS) is 10.1. The molecular weight excluding hydrogens is 406 g/mol. The fourth-order valence-electron chi connectivity index (χ4n) is 1.63. The minimum absolute atomic E-state index is 0.100. The number of amides is 1. The Labute approximate surface area is 149 Å². The number of halogens is 2. The number of carbonyl (C=O) groups excluding carboxylic acids is 2. The van der Waals surface area contributed by atoms with Gasteiger partial charge in [-0.3, -0.25) is 20.3 Å². The number of nitrogens with zero attached hydrogens (tertiary/aromatic N) is 1. The summed E-state index contributed by atoms with van der Waals surface area (Å²) >= 11 is 8.89. The molecule has 8 nitrogen and oxygen atoms in total. The molecule has 2 aromatic rings. The molecule has 10 heteroatoms. The molecule has 0 aliphatic heterocycles. The average Bonchev–Trinajstić information content (AvgIpc) is 2.55. The summed E-state index contributed by atoms with van der Waals surface area (Å²) in [4.78, 5) is 38.2. The van der Waals surface area contributed by atoms with E-state index in [0.29, 0.717) is 5.56 Å². The zero-order chi connectivity index (χ0) is 17.7. The van der Waals surface area contributed by atoms with Gasteiger partial charge in [-0.25, -0.2) is 4.79 Å². The number of rotatable bonds is 5. The van der Waals surface area contributed by atoms with E-state index in [1.165, 1.54) is 12.1 Å². The minimum atomic E-state index is -0.925. The fourth-order valence-corrected chi connectivity index (χ4v) is 2.08. The van der Waals surface area contributed by atoms with Crippen LogP contribution in [0.2, 0.25) is 5.02 Å². The number of hydrogen-bond donors (Lipinski definition) is 2. The number of nitro groups is 1. The maximum Gasteiger partial charge on any atom is 0.358 e. The van der Waals surface area contributed by atoms with Gasteiger partial charge in [0.2, 0.25) is 0 Å². The molecule has 1 amide bonds. The molecule has 0 spiro atoms. The number of benzene rings is 2. The number of nitro benzene ring substituents is 1. The summed E-state index contributed by atoms with van der Waals surface area (Å²) in [6, 6.07) is 9.91. The summed E-state index contributed by atoms with van der Waals surface area (Å²) in [6.07, 6.45) is 0. The quantitative estimate of drug-likeness (QED) is 0.575. The summed E-state index contributed by atoms with van der Waals surface area (Å²) in [6.45, 7) is 0. The van der Waals surface area contributed by atoms with Crippen LogP contribution in [0.4, 0.5) is 5.69 Å². The maximum absolute atomic E-state index is 11.8. The third-order valence-electron chi connectivity index (χ3n) is 2.79. The molecule has 2 rings (SSSR count). The smallest absolute Gasteiger partial charge is 0.346 e. The fraction of sp³-hybridized carbons (Fsp3) is 0. The van der Waals surface area contributed by atoms with Gasteiger partial charge in [0.25, 0.3) is 11.6 Å². The molecule has 2 N–H and O–H groups in total. The van der Waals surface area contributed by atoms with E-state index in [9.17, 15) is 19.7 Å². The molecule has 0 radical (unpaired) electrons. The number of nitrogens with one attached hydrogen (secondary N) is 2. The van der Waals surface area contributed by atoms with Crippen LogP contribution in [0.25, 0.3) is 0 Å². The van der Waals surface area contributed by atoms with E-state index >= 15 is 0 Å². The average molecular weight is 415 g/mol. The van der Waals surface area contributed by atoms with Gasteiger partial charge in [-0.05, 0) is 36.4 Å². The summed E-state index contributed by atoms with van der Waals surface area (Å²) in [7, 11) is 0. The predicted molar refractivity (Wildman–Crippen MR) is 88.3 cm³/mol. The topological polar surface area (TPSA) is 111 Å². The Morgan fingerprint density at radius 2 is 1.75 bits per heavy atom. The molecule has 0 saturated carbocycles. The van der Waals surface area contributed by atoms with Gasteiger partial charge >= 0.3 is 5.97 Å². The first-order valence-electron chi connectivity index (χ1n) is 6.34. The third-order valence-corrected chi connectivity index (χ3v) is 3.64. The summed E-state index contributed by atoms with van der Waals surface area (Å²) in [5, 5.41) is 10.7. The zero-order valence-corrected chi connectivity index (χ0v) is 14.1. The molecule has 0 heterocycles. The second-order valence-corrected chi connectivity index (χ2v) is 5.70. The molecule has 0 fully saturated rings. The van der Waals surface area contributed by atoms with E-state index in [0.717, 1.165) is 10.5 Å². The van der Waals surface area contributed by atoms with Crippen molar-refractivity contribution in [2.24, 2.45) is 0 Å². The van der Waals surface area contributed by atoms with Crippen molar-refractivity contribution < 1.29 is 19.3 Å². The van der Waals surface area contributed by atoms with Crippen molar-refractivity contribution in [1.29, 1.82) is 0 Å². The van der Waals surface area contributed by atoms with Gasteiger partial charge in [-0.2, -0.15) is 0 Å². The lowest BCUT2D eigenvalue weighted by atomic mass is 10.2. The molecule has 0 aliphatic rings. The molecular formula is C14H9BrClN3O5. The molecule has 0 unspecified atom stereocenters. The highest BCUT2D eigenvalue weighted by Crippen LogP contribution is 2.25.